The Morgan fingerprint density at radius 2 is 2.00 bits per heavy atom. The molecule has 0 bridgehead atoms. The normalized spacial score (nSPS) is 16.1. The summed E-state index contributed by atoms with van der Waals surface area (Å²) in [6, 6.07) is 13.5. The van der Waals surface area contributed by atoms with Gasteiger partial charge in [-0.3, -0.25) is 4.79 Å². The topological polar surface area (TPSA) is 102 Å². The van der Waals surface area contributed by atoms with Gasteiger partial charge in [-0.15, -0.1) is 0 Å². The third kappa shape index (κ3) is 4.08. The van der Waals surface area contributed by atoms with Gasteiger partial charge in [-0.25, -0.2) is 5.01 Å². The van der Waals surface area contributed by atoms with E-state index in [1.807, 2.05) is 24.3 Å². The number of methoxy groups -OCH3 is 1. The molecule has 1 heterocycles. The fraction of sp³-hybridized carbons (Fsp3) is 0.250. The highest BCUT2D eigenvalue weighted by Crippen LogP contribution is 2.37. The number of carbonyl (C=O) groups is 2. The molecule has 1 aliphatic rings. The van der Waals surface area contributed by atoms with E-state index < -0.39 is 17.9 Å². The molecule has 0 radical (unpaired) electrons. The van der Waals surface area contributed by atoms with E-state index in [2.05, 4.69) is 5.10 Å². The quantitative estimate of drug-likeness (QED) is 0.836. The molecule has 2 aromatic rings. The number of carboxylic acid groups (broad SMARTS) is 1. The smallest absolute Gasteiger partial charge is 0.243 e. The number of nitrogens with zero attached hydrogens (tertiary/aromatic N) is 2. The van der Waals surface area contributed by atoms with Crippen LogP contribution in [0.3, 0.4) is 0 Å². The number of para-hydroxylation sites is 1. The molecule has 0 aliphatic carbocycles. The van der Waals surface area contributed by atoms with Crippen molar-refractivity contribution in [3.8, 4) is 11.5 Å². The van der Waals surface area contributed by atoms with Crippen LogP contribution in [0.5, 0.6) is 11.5 Å². The van der Waals surface area contributed by atoms with Gasteiger partial charge < -0.3 is 19.7 Å². The van der Waals surface area contributed by atoms with Gasteiger partial charge in [0.05, 0.1) is 18.9 Å². The molecule has 0 fully saturated rings. The first-order valence-corrected chi connectivity index (χ1v) is 8.51. The highest BCUT2D eigenvalue weighted by molar-refractivity contribution is 6.03. The van der Waals surface area contributed by atoms with Gasteiger partial charge in [0.2, 0.25) is 5.91 Å². The van der Waals surface area contributed by atoms with Crippen molar-refractivity contribution in [2.45, 2.75) is 25.3 Å². The molecule has 1 N–H and O–H groups in total. The van der Waals surface area contributed by atoms with Crippen LogP contribution in [0.4, 0.5) is 0 Å². The Balaban J connectivity index is 1.94. The van der Waals surface area contributed by atoms with Gasteiger partial charge in [-0.2, -0.15) is 5.10 Å². The fourth-order valence-corrected chi connectivity index (χ4v) is 3.05. The number of rotatable bonds is 6. The SMILES string of the molecule is COc1cccc(C2=NN(C(=O)CCC(=O)[O-])[C@@H](c3ccccc3O)C2)c1. The van der Waals surface area contributed by atoms with Gasteiger partial charge >= 0.3 is 0 Å². The summed E-state index contributed by atoms with van der Waals surface area (Å²) < 4.78 is 5.24. The Morgan fingerprint density at radius 3 is 2.70 bits per heavy atom. The van der Waals surface area contributed by atoms with Crippen LogP contribution in [0.1, 0.15) is 36.4 Å². The molecule has 0 aromatic heterocycles. The van der Waals surface area contributed by atoms with Gasteiger partial charge in [0.15, 0.2) is 0 Å². The Bertz CT molecular complexity index is 893. The number of phenols is 1. The van der Waals surface area contributed by atoms with Crippen molar-refractivity contribution in [3.05, 3.63) is 59.7 Å². The minimum atomic E-state index is -1.29. The van der Waals surface area contributed by atoms with E-state index in [4.69, 9.17) is 4.74 Å². The second-order valence-corrected chi connectivity index (χ2v) is 6.17. The average molecular weight is 367 g/mol. The number of benzene rings is 2. The number of hydrogen-bond acceptors (Lipinski definition) is 6. The predicted octanol–water partition coefficient (Wildman–Crippen LogP) is 1.61. The number of carboxylic acids is 1. The van der Waals surface area contributed by atoms with Crippen molar-refractivity contribution >= 4 is 17.6 Å². The molecule has 27 heavy (non-hydrogen) atoms. The molecule has 0 saturated heterocycles. The fourth-order valence-electron chi connectivity index (χ4n) is 3.05. The third-order valence-electron chi connectivity index (χ3n) is 4.41. The summed E-state index contributed by atoms with van der Waals surface area (Å²) in [5.41, 5.74) is 2.01. The average Bonchev–Trinajstić information content (AvgIpc) is 3.11. The van der Waals surface area contributed by atoms with Crippen molar-refractivity contribution in [1.29, 1.82) is 0 Å². The minimum Gasteiger partial charge on any atom is -0.550 e. The molecular formula is C20H19N2O5-. The van der Waals surface area contributed by atoms with Gasteiger partial charge in [-0.05, 0) is 24.6 Å². The summed E-state index contributed by atoms with van der Waals surface area (Å²) in [6.45, 7) is 0. The Morgan fingerprint density at radius 1 is 1.22 bits per heavy atom. The molecule has 1 aliphatic heterocycles. The summed E-state index contributed by atoms with van der Waals surface area (Å²) >= 11 is 0. The number of phenolic OH excluding ortho intramolecular Hbond substituents is 1. The first-order valence-electron chi connectivity index (χ1n) is 8.51. The van der Waals surface area contributed by atoms with Crippen LogP contribution in [0.15, 0.2) is 53.6 Å². The third-order valence-corrected chi connectivity index (χ3v) is 4.41. The number of hydrogen-bond donors (Lipinski definition) is 1. The second kappa shape index (κ2) is 7.90. The number of carbonyl (C=O) groups excluding carboxylic acids is 2. The number of hydrazone groups is 1. The van der Waals surface area contributed by atoms with E-state index in [0.717, 1.165) is 5.56 Å². The van der Waals surface area contributed by atoms with Gasteiger partial charge in [0.25, 0.3) is 0 Å². The number of amides is 1. The summed E-state index contributed by atoms with van der Waals surface area (Å²) in [6.07, 6.45) is -0.212. The zero-order valence-electron chi connectivity index (χ0n) is 14.8. The van der Waals surface area contributed by atoms with Crippen LogP contribution in [0.2, 0.25) is 0 Å². The number of ether oxygens (including phenoxy) is 1. The summed E-state index contributed by atoms with van der Waals surface area (Å²) in [5, 5.41) is 26.6. The van der Waals surface area contributed by atoms with Crippen molar-refractivity contribution in [2.75, 3.05) is 7.11 Å². The van der Waals surface area contributed by atoms with E-state index in [-0.39, 0.29) is 18.6 Å². The van der Waals surface area contributed by atoms with Crippen molar-refractivity contribution < 1.29 is 24.5 Å². The maximum absolute atomic E-state index is 12.6. The maximum Gasteiger partial charge on any atom is 0.243 e. The Hall–Kier alpha value is -3.35. The van der Waals surface area contributed by atoms with E-state index in [1.54, 1.807) is 31.4 Å². The molecule has 2 aromatic carbocycles. The maximum atomic E-state index is 12.6. The lowest BCUT2D eigenvalue weighted by Gasteiger charge is -2.22. The lowest BCUT2D eigenvalue weighted by atomic mass is 9.97. The predicted molar refractivity (Wildman–Crippen MR) is 96.1 cm³/mol. The number of aliphatic carboxylic acids is 1. The lowest BCUT2D eigenvalue weighted by Crippen LogP contribution is -2.29. The first-order chi connectivity index (χ1) is 13.0. The molecule has 0 spiro atoms. The molecule has 0 saturated carbocycles. The Labute approximate surface area is 156 Å². The van der Waals surface area contributed by atoms with Crippen LogP contribution >= 0.6 is 0 Å². The van der Waals surface area contributed by atoms with Gasteiger partial charge in [0.1, 0.15) is 11.5 Å². The van der Waals surface area contributed by atoms with Crippen molar-refractivity contribution in [2.24, 2.45) is 5.10 Å². The van der Waals surface area contributed by atoms with E-state index in [0.29, 0.717) is 23.4 Å². The van der Waals surface area contributed by atoms with Gasteiger partial charge in [0, 0.05) is 29.9 Å². The van der Waals surface area contributed by atoms with Crippen LogP contribution in [-0.2, 0) is 9.59 Å². The summed E-state index contributed by atoms with van der Waals surface area (Å²) in [4.78, 5) is 23.3. The first kappa shape index (κ1) is 18.4. The largest absolute Gasteiger partial charge is 0.550 e. The second-order valence-electron chi connectivity index (χ2n) is 6.17. The summed E-state index contributed by atoms with van der Waals surface area (Å²) in [7, 11) is 1.57. The molecular weight excluding hydrogens is 348 g/mol. The zero-order valence-corrected chi connectivity index (χ0v) is 14.8. The molecule has 7 heteroatoms. The van der Waals surface area contributed by atoms with E-state index >= 15 is 0 Å². The molecule has 7 nitrogen and oxygen atoms in total. The molecule has 140 valence electrons. The highest BCUT2D eigenvalue weighted by atomic mass is 16.5. The van der Waals surface area contributed by atoms with E-state index in [1.165, 1.54) is 5.01 Å². The number of aromatic hydroxyl groups is 1. The van der Waals surface area contributed by atoms with Crippen LogP contribution in [0.25, 0.3) is 0 Å². The molecule has 1 atom stereocenters. The molecule has 0 unspecified atom stereocenters. The van der Waals surface area contributed by atoms with Crippen molar-refractivity contribution in [3.63, 3.8) is 0 Å². The summed E-state index contributed by atoms with van der Waals surface area (Å²) in [5.74, 6) is -1.01. The monoisotopic (exact) mass is 367 g/mol. The molecule has 1 amide bonds. The zero-order chi connectivity index (χ0) is 19.4. The minimum absolute atomic E-state index is 0.0577. The highest BCUT2D eigenvalue weighted by Gasteiger charge is 2.34. The standard InChI is InChI=1S/C20H20N2O5/c1-27-14-6-4-5-13(11-14)16-12-17(15-7-2-3-8-18(15)23)22(21-16)19(24)9-10-20(25)26/h2-8,11,17,23H,9-10,12H2,1H3,(H,25,26)/p-1/t17-/m1/s1. The van der Waals surface area contributed by atoms with Crippen LogP contribution < -0.4 is 9.84 Å². The molecule has 3 rings (SSSR count). The van der Waals surface area contributed by atoms with Crippen molar-refractivity contribution in [1.82, 2.24) is 5.01 Å². The van der Waals surface area contributed by atoms with Crippen LogP contribution in [0, 0.1) is 0 Å². The van der Waals surface area contributed by atoms with E-state index in [9.17, 15) is 19.8 Å². The Kier molecular flexibility index (Phi) is 5.40. The van der Waals surface area contributed by atoms with Gasteiger partial charge in [-0.1, -0.05) is 30.3 Å². The van der Waals surface area contributed by atoms with Crippen LogP contribution in [-0.4, -0.2) is 34.8 Å². The lowest BCUT2D eigenvalue weighted by molar-refractivity contribution is -0.305.